The van der Waals surface area contributed by atoms with E-state index in [4.69, 9.17) is 11.0 Å². The zero-order valence-corrected chi connectivity index (χ0v) is 7.03. The Morgan fingerprint density at radius 1 is 1.69 bits per heavy atom. The van der Waals surface area contributed by atoms with Crippen LogP contribution >= 0.6 is 0 Å². The van der Waals surface area contributed by atoms with Gasteiger partial charge in [0.05, 0.1) is 24.6 Å². The van der Waals surface area contributed by atoms with Crippen molar-refractivity contribution in [2.75, 3.05) is 6.54 Å². The van der Waals surface area contributed by atoms with Crippen LogP contribution in [0.2, 0.25) is 0 Å². The van der Waals surface area contributed by atoms with Crippen LogP contribution in [0.3, 0.4) is 0 Å². The number of carbonyl (C=O) groups excluding carboxylic acids is 1. The van der Waals surface area contributed by atoms with Crippen molar-refractivity contribution in [1.29, 1.82) is 5.26 Å². The van der Waals surface area contributed by atoms with E-state index < -0.39 is 0 Å². The molecule has 2 heterocycles. The van der Waals surface area contributed by atoms with Crippen molar-refractivity contribution in [2.45, 2.75) is 18.8 Å². The van der Waals surface area contributed by atoms with E-state index in [0.717, 1.165) is 0 Å². The zero-order valence-electron chi connectivity index (χ0n) is 7.03. The Labute approximate surface area is 75.6 Å². The fourth-order valence-electron chi connectivity index (χ4n) is 1.73. The van der Waals surface area contributed by atoms with Gasteiger partial charge in [-0.1, -0.05) is 0 Å². The van der Waals surface area contributed by atoms with Crippen LogP contribution in [-0.2, 0) is 4.79 Å². The second-order valence-electron chi connectivity index (χ2n) is 3.29. The van der Waals surface area contributed by atoms with Crippen LogP contribution in [0.1, 0.15) is 6.42 Å². The van der Waals surface area contributed by atoms with Crippen molar-refractivity contribution >= 4 is 5.91 Å². The van der Waals surface area contributed by atoms with Gasteiger partial charge in [0.2, 0.25) is 5.91 Å². The number of nitrogens with two attached hydrogens (primary N) is 1. The number of fused-ring (bicyclic) bond motifs is 1. The smallest absolute Gasteiger partial charge is 0.224 e. The van der Waals surface area contributed by atoms with E-state index in [1.165, 1.54) is 0 Å². The van der Waals surface area contributed by atoms with Crippen LogP contribution < -0.4 is 16.5 Å². The molecule has 6 heteroatoms. The third-order valence-corrected chi connectivity index (χ3v) is 2.40. The molecule has 1 amide bonds. The van der Waals surface area contributed by atoms with Gasteiger partial charge in [0.25, 0.3) is 0 Å². The summed E-state index contributed by atoms with van der Waals surface area (Å²) in [5, 5.41) is 13.2. The lowest BCUT2D eigenvalue weighted by Gasteiger charge is -2.35. The first kappa shape index (κ1) is 8.44. The average Bonchev–Trinajstić information content (AvgIpc) is 2.47. The Hall–Kier alpha value is -1.16. The first-order valence-corrected chi connectivity index (χ1v) is 4.19. The Morgan fingerprint density at radius 2 is 2.46 bits per heavy atom. The molecule has 0 aromatic rings. The van der Waals surface area contributed by atoms with Crippen molar-refractivity contribution < 1.29 is 4.79 Å². The molecule has 0 aromatic carbocycles. The molecule has 3 unspecified atom stereocenters. The molecule has 0 saturated carbocycles. The number of hydrazine groups is 1. The van der Waals surface area contributed by atoms with Gasteiger partial charge in [-0.25, -0.2) is 5.01 Å². The molecule has 3 atom stereocenters. The van der Waals surface area contributed by atoms with Gasteiger partial charge in [-0.3, -0.25) is 10.2 Å². The molecular formula is C7H11N5O. The van der Waals surface area contributed by atoms with Crippen LogP contribution in [0.5, 0.6) is 0 Å². The third-order valence-electron chi connectivity index (χ3n) is 2.40. The molecule has 6 nitrogen and oxygen atoms in total. The highest BCUT2D eigenvalue weighted by Crippen LogP contribution is 2.19. The molecule has 13 heavy (non-hydrogen) atoms. The van der Waals surface area contributed by atoms with Crippen LogP contribution in [0.15, 0.2) is 0 Å². The summed E-state index contributed by atoms with van der Waals surface area (Å²) in [5.41, 5.74) is 8.72. The topological polar surface area (TPSA) is 94.2 Å². The molecular weight excluding hydrogens is 170 g/mol. The van der Waals surface area contributed by atoms with E-state index in [0.29, 0.717) is 6.54 Å². The number of carbonyl (C=O) groups is 1. The van der Waals surface area contributed by atoms with Gasteiger partial charge in [0, 0.05) is 6.54 Å². The molecule has 70 valence electrons. The van der Waals surface area contributed by atoms with Crippen LogP contribution in [0, 0.1) is 17.2 Å². The van der Waals surface area contributed by atoms with Crippen molar-refractivity contribution in [2.24, 2.45) is 11.7 Å². The first-order valence-electron chi connectivity index (χ1n) is 4.19. The maximum Gasteiger partial charge on any atom is 0.224 e. The summed E-state index contributed by atoms with van der Waals surface area (Å²) in [4.78, 5) is 11.1. The summed E-state index contributed by atoms with van der Waals surface area (Å²) in [6.45, 7) is 0.551. The SMILES string of the molecule is N#CC1CNN2C(N)CC(=O)NC12. The molecule has 0 bridgehead atoms. The molecule has 2 saturated heterocycles. The molecule has 0 aliphatic carbocycles. The number of rotatable bonds is 0. The number of hydrogen-bond donors (Lipinski definition) is 3. The first-order chi connectivity index (χ1) is 6.22. The van der Waals surface area contributed by atoms with Crippen LogP contribution in [0.25, 0.3) is 0 Å². The normalized spacial score (nSPS) is 39.4. The summed E-state index contributed by atoms with van der Waals surface area (Å²) in [5.74, 6) is -0.298. The quantitative estimate of drug-likeness (QED) is 0.405. The molecule has 2 aliphatic heterocycles. The highest BCUT2D eigenvalue weighted by Gasteiger charge is 2.41. The molecule has 0 aromatic heterocycles. The molecule has 2 fully saturated rings. The van der Waals surface area contributed by atoms with Gasteiger partial charge in [-0.05, 0) is 0 Å². The molecule has 2 aliphatic rings. The van der Waals surface area contributed by atoms with Crippen molar-refractivity contribution in [3.05, 3.63) is 0 Å². The van der Waals surface area contributed by atoms with Gasteiger partial charge >= 0.3 is 0 Å². The number of nitrogens with zero attached hydrogens (tertiary/aromatic N) is 2. The highest BCUT2D eigenvalue weighted by atomic mass is 16.2. The van der Waals surface area contributed by atoms with E-state index in [2.05, 4.69) is 16.8 Å². The van der Waals surface area contributed by atoms with Gasteiger partial charge in [-0.15, -0.1) is 0 Å². The van der Waals surface area contributed by atoms with E-state index in [9.17, 15) is 4.79 Å². The fraction of sp³-hybridized carbons (Fsp3) is 0.714. The minimum Gasteiger partial charge on any atom is -0.338 e. The van der Waals surface area contributed by atoms with Crippen LogP contribution in [-0.4, -0.2) is 29.8 Å². The van der Waals surface area contributed by atoms with Crippen molar-refractivity contribution in [3.63, 3.8) is 0 Å². The largest absolute Gasteiger partial charge is 0.338 e. The lowest BCUT2D eigenvalue weighted by Crippen LogP contribution is -2.62. The minimum absolute atomic E-state index is 0.0855. The molecule has 4 N–H and O–H groups in total. The van der Waals surface area contributed by atoms with Gasteiger partial charge < -0.3 is 11.1 Å². The van der Waals surface area contributed by atoms with Crippen molar-refractivity contribution in [1.82, 2.24) is 15.8 Å². The maximum atomic E-state index is 11.1. The zero-order chi connectivity index (χ0) is 9.42. The number of nitriles is 1. The van der Waals surface area contributed by atoms with E-state index >= 15 is 0 Å². The monoisotopic (exact) mass is 181 g/mol. The predicted octanol–water partition coefficient (Wildman–Crippen LogP) is -1.92. The summed E-state index contributed by atoms with van der Waals surface area (Å²) in [6.07, 6.45) is -0.305. The lowest BCUT2D eigenvalue weighted by molar-refractivity contribution is -0.129. The minimum atomic E-state index is -0.322. The summed E-state index contributed by atoms with van der Waals surface area (Å²) in [7, 11) is 0. The van der Waals surface area contributed by atoms with Crippen LogP contribution in [0.4, 0.5) is 0 Å². The summed E-state index contributed by atoms with van der Waals surface area (Å²) >= 11 is 0. The molecule has 2 rings (SSSR count). The lowest BCUT2D eigenvalue weighted by atomic mass is 10.1. The Bertz CT molecular complexity index is 273. The molecule has 0 radical (unpaired) electrons. The predicted molar refractivity (Wildman–Crippen MR) is 43.5 cm³/mol. The van der Waals surface area contributed by atoms with Gasteiger partial charge in [0.1, 0.15) is 6.17 Å². The number of amides is 1. The molecule has 0 spiro atoms. The summed E-state index contributed by atoms with van der Waals surface area (Å²) < 4.78 is 0. The second kappa shape index (κ2) is 2.96. The highest BCUT2D eigenvalue weighted by molar-refractivity contribution is 5.77. The Morgan fingerprint density at radius 3 is 3.15 bits per heavy atom. The van der Waals surface area contributed by atoms with E-state index in [1.54, 1.807) is 5.01 Å². The summed E-state index contributed by atoms with van der Waals surface area (Å²) in [6, 6.07) is 2.13. The van der Waals surface area contributed by atoms with Gasteiger partial charge in [-0.2, -0.15) is 5.26 Å². The van der Waals surface area contributed by atoms with E-state index in [1.807, 2.05) is 0 Å². The number of nitrogens with one attached hydrogen (secondary N) is 2. The standard InChI is InChI=1S/C7H11N5O/c8-2-4-3-10-12-5(9)1-6(13)11-7(4)12/h4-5,7,10H,1,3,9H2,(H,11,13). The fourth-order valence-corrected chi connectivity index (χ4v) is 1.73. The van der Waals surface area contributed by atoms with E-state index in [-0.39, 0.29) is 30.6 Å². The second-order valence-corrected chi connectivity index (χ2v) is 3.29. The van der Waals surface area contributed by atoms with Gasteiger partial charge in [0.15, 0.2) is 0 Å². The number of hydrogen-bond acceptors (Lipinski definition) is 5. The average molecular weight is 181 g/mol. The Kier molecular flexibility index (Phi) is 1.92. The maximum absolute atomic E-state index is 11.1. The Balaban J connectivity index is 2.17. The third kappa shape index (κ3) is 1.27. The van der Waals surface area contributed by atoms with Crippen molar-refractivity contribution in [3.8, 4) is 6.07 Å².